The highest BCUT2D eigenvalue weighted by molar-refractivity contribution is 7.15. The lowest BCUT2D eigenvalue weighted by atomic mass is 10.2. The number of hydrogen-bond acceptors (Lipinski definition) is 6. The van der Waals surface area contributed by atoms with E-state index in [1.165, 1.54) is 22.2 Å². The Morgan fingerprint density at radius 1 is 1.41 bits per heavy atom. The van der Waals surface area contributed by atoms with E-state index in [9.17, 15) is 4.79 Å². The van der Waals surface area contributed by atoms with Crippen molar-refractivity contribution in [2.24, 2.45) is 0 Å². The molecule has 0 N–H and O–H groups in total. The third kappa shape index (κ3) is 2.58. The first kappa shape index (κ1) is 14.3. The van der Waals surface area contributed by atoms with Crippen molar-refractivity contribution in [3.8, 4) is 11.5 Å². The molecule has 0 aliphatic carbocycles. The lowest BCUT2D eigenvalue weighted by Crippen LogP contribution is -2.23. The average Bonchev–Trinajstić information content (AvgIpc) is 3.10. The van der Waals surface area contributed by atoms with Crippen molar-refractivity contribution in [3.63, 3.8) is 0 Å². The first-order valence-electron chi connectivity index (χ1n) is 6.49. The van der Waals surface area contributed by atoms with Crippen molar-refractivity contribution in [2.75, 3.05) is 13.7 Å². The summed E-state index contributed by atoms with van der Waals surface area (Å²) >= 11 is 1.29. The molecule has 0 bridgehead atoms. The molecule has 0 amide bonds. The summed E-state index contributed by atoms with van der Waals surface area (Å²) < 4.78 is 12.7. The van der Waals surface area contributed by atoms with Crippen molar-refractivity contribution in [3.05, 3.63) is 57.6 Å². The van der Waals surface area contributed by atoms with Crippen molar-refractivity contribution in [1.82, 2.24) is 14.6 Å². The Morgan fingerprint density at radius 3 is 3.00 bits per heavy atom. The molecular weight excluding hydrogens is 302 g/mol. The SMILES string of the molecule is C=CCOc1ccc(/C=c2/sc3ncnn3c2=O)cc1OC. The van der Waals surface area contributed by atoms with Gasteiger partial charge in [-0.05, 0) is 23.8 Å². The van der Waals surface area contributed by atoms with E-state index in [2.05, 4.69) is 16.7 Å². The van der Waals surface area contributed by atoms with Crippen molar-refractivity contribution < 1.29 is 9.47 Å². The van der Waals surface area contributed by atoms with Crippen LogP contribution in [0, 0.1) is 0 Å². The molecule has 22 heavy (non-hydrogen) atoms. The zero-order valence-corrected chi connectivity index (χ0v) is 12.7. The number of rotatable bonds is 5. The molecule has 112 valence electrons. The molecule has 6 nitrogen and oxygen atoms in total. The standard InChI is InChI=1S/C15H13N3O3S/c1-3-6-21-11-5-4-10(7-12(11)20-2)8-13-14(19)18-15(22-13)16-9-17-18/h3-5,7-9H,1,6H2,2H3/b13-8+. The van der Waals surface area contributed by atoms with Gasteiger partial charge in [0.1, 0.15) is 12.9 Å². The van der Waals surface area contributed by atoms with E-state index in [1.807, 2.05) is 12.1 Å². The average molecular weight is 315 g/mol. The molecule has 0 fully saturated rings. The van der Waals surface area contributed by atoms with E-state index in [0.29, 0.717) is 27.6 Å². The van der Waals surface area contributed by atoms with Gasteiger partial charge in [-0.25, -0.2) is 4.98 Å². The number of nitrogens with zero attached hydrogens (tertiary/aromatic N) is 3. The summed E-state index contributed by atoms with van der Waals surface area (Å²) in [6.07, 6.45) is 4.81. The Kier molecular flexibility index (Phi) is 3.88. The Bertz CT molecular complexity index is 929. The van der Waals surface area contributed by atoms with Gasteiger partial charge in [-0.2, -0.15) is 9.61 Å². The van der Waals surface area contributed by atoms with Crippen LogP contribution in [0.15, 0.2) is 42.0 Å². The third-order valence-electron chi connectivity index (χ3n) is 2.96. The molecule has 2 heterocycles. The Balaban J connectivity index is 2.03. The number of aromatic nitrogens is 3. The van der Waals surface area contributed by atoms with Crippen LogP contribution in [-0.2, 0) is 0 Å². The van der Waals surface area contributed by atoms with E-state index in [4.69, 9.17) is 9.47 Å². The minimum absolute atomic E-state index is 0.177. The van der Waals surface area contributed by atoms with Crippen molar-refractivity contribution in [1.29, 1.82) is 0 Å². The summed E-state index contributed by atoms with van der Waals surface area (Å²) in [4.78, 5) is 16.7. The summed E-state index contributed by atoms with van der Waals surface area (Å²) in [5.74, 6) is 1.23. The quantitative estimate of drug-likeness (QED) is 0.664. The van der Waals surface area contributed by atoms with E-state index in [0.717, 1.165) is 5.56 Å². The van der Waals surface area contributed by atoms with Crippen LogP contribution < -0.4 is 19.6 Å². The number of methoxy groups -OCH3 is 1. The molecule has 3 rings (SSSR count). The molecule has 1 aromatic carbocycles. The smallest absolute Gasteiger partial charge is 0.291 e. The molecule has 2 aromatic heterocycles. The number of thiazole rings is 1. The summed E-state index contributed by atoms with van der Waals surface area (Å²) in [5, 5.41) is 3.89. The molecule has 0 spiro atoms. The van der Waals surface area contributed by atoms with Crippen LogP contribution in [0.25, 0.3) is 11.0 Å². The fourth-order valence-corrected chi connectivity index (χ4v) is 2.85. The molecule has 0 radical (unpaired) electrons. The van der Waals surface area contributed by atoms with Crippen LogP contribution in [0.5, 0.6) is 11.5 Å². The summed E-state index contributed by atoms with van der Waals surface area (Å²) in [6.45, 7) is 4.01. The van der Waals surface area contributed by atoms with E-state index >= 15 is 0 Å². The van der Waals surface area contributed by atoms with Crippen LogP contribution in [0.2, 0.25) is 0 Å². The van der Waals surface area contributed by atoms with Gasteiger partial charge in [0.15, 0.2) is 11.5 Å². The predicted molar refractivity (Wildman–Crippen MR) is 84.6 cm³/mol. The molecule has 0 saturated carbocycles. The zero-order chi connectivity index (χ0) is 15.5. The molecule has 7 heteroatoms. The van der Waals surface area contributed by atoms with Gasteiger partial charge in [0.2, 0.25) is 4.96 Å². The van der Waals surface area contributed by atoms with Gasteiger partial charge in [-0.1, -0.05) is 30.1 Å². The van der Waals surface area contributed by atoms with Crippen LogP contribution in [0.1, 0.15) is 5.56 Å². The predicted octanol–water partition coefficient (Wildman–Crippen LogP) is 1.27. The number of fused-ring (bicyclic) bond motifs is 1. The Hall–Kier alpha value is -2.67. The van der Waals surface area contributed by atoms with Gasteiger partial charge in [0, 0.05) is 0 Å². The highest BCUT2D eigenvalue weighted by Crippen LogP contribution is 2.28. The maximum Gasteiger partial charge on any atom is 0.291 e. The normalized spacial score (nSPS) is 11.8. The molecule has 0 aliphatic heterocycles. The Morgan fingerprint density at radius 2 is 2.27 bits per heavy atom. The van der Waals surface area contributed by atoms with Crippen LogP contribution in [0.3, 0.4) is 0 Å². The molecule has 3 aromatic rings. The van der Waals surface area contributed by atoms with Crippen LogP contribution >= 0.6 is 11.3 Å². The van der Waals surface area contributed by atoms with Gasteiger partial charge < -0.3 is 9.47 Å². The molecule has 0 unspecified atom stereocenters. The molecule has 0 aliphatic rings. The first-order chi connectivity index (χ1) is 10.7. The highest BCUT2D eigenvalue weighted by Gasteiger charge is 2.07. The maximum atomic E-state index is 12.1. The number of hydrogen-bond donors (Lipinski definition) is 0. The lowest BCUT2D eigenvalue weighted by molar-refractivity contribution is 0.326. The monoisotopic (exact) mass is 315 g/mol. The Labute approximate surface area is 129 Å². The highest BCUT2D eigenvalue weighted by atomic mass is 32.1. The lowest BCUT2D eigenvalue weighted by Gasteiger charge is -2.09. The van der Waals surface area contributed by atoms with E-state index < -0.39 is 0 Å². The van der Waals surface area contributed by atoms with Crippen molar-refractivity contribution in [2.45, 2.75) is 0 Å². The minimum atomic E-state index is -0.177. The van der Waals surface area contributed by atoms with Gasteiger partial charge >= 0.3 is 0 Å². The second kappa shape index (κ2) is 5.98. The summed E-state index contributed by atoms with van der Waals surface area (Å²) in [7, 11) is 1.57. The first-order valence-corrected chi connectivity index (χ1v) is 7.30. The van der Waals surface area contributed by atoms with Gasteiger partial charge in [0.25, 0.3) is 5.56 Å². The fraction of sp³-hybridized carbons (Fsp3) is 0.133. The van der Waals surface area contributed by atoms with E-state index in [-0.39, 0.29) is 5.56 Å². The van der Waals surface area contributed by atoms with Crippen molar-refractivity contribution >= 4 is 22.4 Å². The van der Waals surface area contributed by atoms with Gasteiger partial charge in [-0.3, -0.25) is 4.79 Å². The number of benzene rings is 1. The second-order valence-corrected chi connectivity index (χ2v) is 5.39. The van der Waals surface area contributed by atoms with E-state index in [1.54, 1.807) is 25.3 Å². The van der Waals surface area contributed by atoms with Gasteiger partial charge in [-0.15, -0.1) is 0 Å². The zero-order valence-electron chi connectivity index (χ0n) is 11.9. The van der Waals surface area contributed by atoms with Crippen LogP contribution in [0.4, 0.5) is 0 Å². The summed E-state index contributed by atoms with van der Waals surface area (Å²) in [6, 6.07) is 5.47. The minimum Gasteiger partial charge on any atom is -0.493 e. The molecule has 0 saturated heterocycles. The van der Waals surface area contributed by atoms with Crippen LogP contribution in [-0.4, -0.2) is 28.3 Å². The largest absolute Gasteiger partial charge is 0.493 e. The third-order valence-corrected chi connectivity index (χ3v) is 3.94. The van der Waals surface area contributed by atoms with Gasteiger partial charge in [0.05, 0.1) is 11.6 Å². The second-order valence-electron chi connectivity index (χ2n) is 4.38. The molecular formula is C15H13N3O3S. The summed E-state index contributed by atoms with van der Waals surface area (Å²) in [5.41, 5.74) is 0.660. The maximum absolute atomic E-state index is 12.1. The number of ether oxygens (including phenoxy) is 2. The molecule has 0 atom stereocenters. The fourth-order valence-electron chi connectivity index (χ4n) is 1.97. The topological polar surface area (TPSA) is 65.7 Å².